The van der Waals surface area contributed by atoms with Crippen molar-refractivity contribution in [3.05, 3.63) is 65.2 Å². The van der Waals surface area contributed by atoms with Crippen LogP contribution in [0.15, 0.2) is 48.5 Å². The summed E-state index contributed by atoms with van der Waals surface area (Å²) in [7, 11) is 0. The average Bonchev–Trinajstić information content (AvgIpc) is 3.55. The molecule has 0 bridgehead atoms. The molecule has 3 amide bonds. The quantitative estimate of drug-likeness (QED) is 0.576. The molecule has 8 heteroatoms. The van der Waals surface area contributed by atoms with E-state index in [4.69, 9.17) is 4.74 Å². The summed E-state index contributed by atoms with van der Waals surface area (Å²) >= 11 is 0. The molecule has 3 rings (SSSR count). The second-order valence-electron chi connectivity index (χ2n) is 7.00. The Morgan fingerprint density at radius 3 is 2.30 bits per heavy atom. The summed E-state index contributed by atoms with van der Waals surface area (Å²) in [6.45, 7) is 0.902. The van der Waals surface area contributed by atoms with Crippen LogP contribution in [0.25, 0.3) is 0 Å². The van der Waals surface area contributed by atoms with E-state index >= 15 is 0 Å². The summed E-state index contributed by atoms with van der Waals surface area (Å²) < 4.78 is 4.90. The summed E-state index contributed by atoms with van der Waals surface area (Å²) in [5.74, 6) is -1.98. The fourth-order valence-corrected chi connectivity index (χ4v) is 2.74. The number of rotatable bonds is 8. The lowest BCUT2D eigenvalue weighted by atomic mass is 10.1. The molecule has 8 nitrogen and oxygen atoms in total. The Kier molecular flexibility index (Phi) is 6.79. The van der Waals surface area contributed by atoms with E-state index in [2.05, 4.69) is 16.0 Å². The molecule has 1 aliphatic carbocycles. The summed E-state index contributed by atoms with van der Waals surface area (Å²) in [5, 5.41) is 7.90. The fraction of sp³-hybridized carbons (Fsp3) is 0.273. The largest absolute Gasteiger partial charge is 0.454 e. The third-order valence-electron chi connectivity index (χ3n) is 4.51. The second-order valence-corrected chi connectivity index (χ2v) is 7.00. The molecule has 1 saturated carbocycles. The number of hydrogen-bond acceptors (Lipinski definition) is 5. The maximum absolute atomic E-state index is 12.3. The smallest absolute Gasteiger partial charge is 0.325 e. The standard InChI is InChI=1S/C22H23N3O5/c1-14-6-2-3-7-16(14)21(28)23-12-20(27)30-13-19(26)25-18-9-5-4-8-17(18)22(29)24-15-10-11-15/h2-9,15H,10-13H2,1H3,(H,23,28)(H,24,29)(H,25,26). The van der Waals surface area contributed by atoms with E-state index in [-0.39, 0.29) is 18.5 Å². The summed E-state index contributed by atoms with van der Waals surface area (Å²) in [4.78, 5) is 48.3. The Morgan fingerprint density at radius 1 is 0.933 bits per heavy atom. The minimum Gasteiger partial charge on any atom is -0.454 e. The van der Waals surface area contributed by atoms with Gasteiger partial charge in [0.25, 0.3) is 17.7 Å². The Balaban J connectivity index is 1.45. The van der Waals surface area contributed by atoms with Crippen molar-refractivity contribution in [3.63, 3.8) is 0 Å². The Bertz CT molecular complexity index is 969. The van der Waals surface area contributed by atoms with Gasteiger partial charge in [-0.1, -0.05) is 30.3 Å². The normalized spacial score (nSPS) is 12.6. The molecular formula is C22H23N3O5. The van der Waals surface area contributed by atoms with Crippen LogP contribution in [0.1, 0.15) is 39.1 Å². The van der Waals surface area contributed by atoms with Gasteiger partial charge < -0.3 is 20.7 Å². The summed E-state index contributed by atoms with van der Waals surface area (Å²) in [5.41, 5.74) is 1.93. The lowest BCUT2D eigenvalue weighted by Crippen LogP contribution is -2.32. The van der Waals surface area contributed by atoms with Crippen molar-refractivity contribution < 1.29 is 23.9 Å². The molecule has 156 valence electrons. The van der Waals surface area contributed by atoms with Crippen LogP contribution >= 0.6 is 0 Å². The number of ether oxygens (including phenoxy) is 1. The maximum atomic E-state index is 12.3. The van der Waals surface area contributed by atoms with Crippen LogP contribution in [0.2, 0.25) is 0 Å². The molecule has 0 atom stereocenters. The number of benzene rings is 2. The van der Waals surface area contributed by atoms with Crippen LogP contribution in [-0.2, 0) is 14.3 Å². The number of carbonyl (C=O) groups excluding carboxylic acids is 4. The van der Waals surface area contributed by atoms with Gasteiger partial charge in [-0.05, 0) is 43.5 Å². The number of esters is 1. The van der Waals surface area contributed by atoms with Crippen molar-refractivity contribution in [3.8, 4) is 0 Å². The highest BCUT2D eigenvalue weighted by molar-refractivity contribution is 6.04. The molecule has 0 heterocycles. The van der Waals surface area contributed by atoms with Crippen molar-refractivity contribution in [1.29, 1.82) is 0 Å². The first-order valence-electron chi connectivity index (χ1n) is 9.63. The molecule has 0 aromatic heterocycles. The minimum absolute atomic E-state index is 0.192. The highest BCUT2D eigenvalue weighted by Crippen LogP contribution is 2.21. The molecule has 0 saturated heterocycles. The van der Waals surface area contributed by atoms with Gasteiger partial charge in [0.05, 0.1) is 11.3 Å². The first-order valence-corrected chi connectivity index (χ1v) is 9.63. The molecular weight excluding hydrogens is 386 g/mol. The molecule has 3 N–H and O–H groups in total. The van der Waals surface area contributed by atoms with Gasteiger partial charge in [-0.3, -0.25) is 19.2 Å². The van der Waals surface area contributed by atoms with Crippen molar-refractivity contribution in [2.45, 2.75) is 25.8 Å². The number of anilines is 1. The molecule has 0 aliphatic heterocycles. The highest BCUT2D eigenvalue weighted by atomic mass is 16.5. The molecule has 0 unspecified atom stereocenters. The zero-order valence-electron chi connectivity index (χ0n) is 16.6. The van der Waals surface area contributed by atoms with Crippen molar-refractivity contribution in [1.82, 2.24) is 10.6 Å². The fourth-order valence-electron chi connectivity index (χ4n) is 2.74. The van der Waals surface area contributed by atoms with E-state index < -0.39 is 24.4 Å². The number of para-hydroxylation sites is 1. The third kappa shape index (κ3) is 5.91. The number of amides is 3. The first-order chi connectivity index (χ1) is 14.4. The van der Waals surface area contributed by atoms with Crippen LogP contribution in [0, 0.1) is 6.92 Å². The van der Waals surface area contributed by atoms with E-state index in [0.717, 1.165) is 18.4 Å². The number of nitrogens with one attached hydrogen (secondary N) is 3. The van der Waals surface area contributed by atoms with Crippen LogP contribution in [0.3, 0.4) is 0 Å². The van der Waals surface area contributed by atoms with Crippen LogP contribution in [-0.4, -0.2) is 42.9 Å². The number of carbonyl (C=O) groups is 4. The van der Waals surface area contributed by atoms with Gasteiger partial charge in [-0.25, -0.2) is 0 Å². The predicted octanol–water partition coefficient (Wildman–Crippen LogP) is 1.80. The van der Waals surface area contributed by atoms with Gasteiger partial charge in [0.2, 0.25) is 0 Å². The Morgan fingerprint density at radius 2 is 1.60 bits per heavy atom. The molecule has 0 radical (unpaired) electrons. The molecule has 2 aromatic carbocycles. The van der Waals surface area contributed by atoms with E-state index in [9.17, 15) is 19.2 Å². The topological polar surface area (TPSA) is 114 Å². The molecule has 0 spiro atoms. The zero-order valence-corrected chi connectivity index (χ0v) is 16.6. The second kappa shape index (κ2) is 9.69. The van der Waals surface area contributed by atoms with E-state index in [1.165, 1.54) is 0 Å². The van der Waals surface area contributed by atoms with E-state index in [0.29, 0.717) is 16.8 Å². The summed E-state index contributed by atoms with van der Waals surface area (Å²) in [6.07, 6.45) is 1.91. The molecule has 30 heavy (non-hydrogen) atoms. The summed E-state index contributed by atoms with van der Waals surface area (Å²) in [6, 6.07) is 13.8. The van der Waals surface area contributed by atoms with Crippen molar-refractivity contribution in [2.75, 3.05) is 18.5 Å². The highest BCUT2D eigenvalue weighted by Gasteiger charge is 2.25. The van der Waals surface area contributed by atoms with Gasteiger partial charge in [0.15, 0.2) is 6.61 Å². The van der Waals surface area contributed by atoms with Crippen LogP contribution in [0.4, 0.5) is 5.69 Å². The molecule has 1 fully saturated rings. The van der Waals surface area contributed by atoms with Crippen molar-refractivity contribution in [2.24, 2.45) is 0 Å². The lowest BCUT2D eigenvalue weighted by molar-refractivity contribution is -0.146. The van der Waals surface area contributed by atoms with Crippen LogP contribution < -0.4 is 16.0 Å². The van der Waals surface area contributed by atoms with Gasteiger partial charge >= 0.3 is 5.97 Å². The van der Waals surface area contributed by atoms with Gasteiger partial charge in [-0.2, -0.15) is 0 Å². The average molecular weight is 409 g/mol. The van der Waals surface area contributed by atoms with E-state index in [1.54, 1.807) is 49.4 Å². The molecule has 1 aliphatic rings. The third-order valence-corrected chi connectivity index (χ3v) is 4.51. The van der Waals surface area contributed by atoms with Crippen LogP contribution in [0.5, 0.6) is 0 Å². The monoisotopic (exact) mass is 409 g/mol. The van der Waals surface area contributed by atoms with Crippen molar-refractivity contribution >= 4 is 29.4 Å². The zero-order chi connectivity index (χ0) is 21.5. The Labute approximate surface area is 174 Å². The predicted molar refractivity (Wildman–Crippen MR) is 110 cm³/mol. The van der Waals surface area contributed by atoms with Gasteiger partial charge in [-0.15, -0.1) is 0 Å². The Hall–Kier alpha value is -3.68. The van der Waals surface area contributed by atoms with E-state index in [1.807, 2.05) is 6.07 Å². The maximum Gasteiger partial charge on any atom is 0.325 e. The SMILES string of the molecule is Cc1ccccc1C(=O)NCC(=O)OCC(=O)Nc1ccccc1C(=O)NC1CC1. The number of aryl methyl sites for hydroxylation is 1. The van der Waals surface area contributed by atoms with Gasteiger partial charge in [0, 0.05) is 11.6 Å². The minimum atomic E-state index is -0.744. The first kappa shape index (κ1) is 21.0. The molecule has 2 aromatic rings. The number of hydrogen-bond donors (Lipinski definition) is 3. The van der Waals surface area contributed by atoms with Gasteiger partial charge in [0.1, 0.15) is 6.54 Å². The lowest BCUT2D eigenvalue weighted by Gasteiger charge is -2.11.